The smallest absolute Gasteiger partial charge is 0.232 e. The third-order valence-corrected chi connectivity index (χ3v) is 2.51. The van der Waals surface area contributed by atoms with Gasteiger partial charge in [-0.3, -0.25) is 14.5 Å². The van der Waals surface area contributed by atoms with Crippen molar-refractivity contribution in [2.45, 2.75) is 52.9 Å². The van der Waals surface area contributed by atoms with E-state index < -0.39 is 0 Å². The van der Waals surface area contributed by atoms with Crippen molar-refractivity contribution in [1.82, 2.24) is 4.90 Å². The van der Waals surface area contributed by atoms with Crippen LogP contribution in [0.3, 0.4) is 0 Å². The van der Waals surface area contributed by atoms with Gasteiger partial charge in [0.1, 0.15) is 0 Å². The summed E-state index contributed by atoms with van der Waals surface area (Å²) in [4.78, 5) is 23.6. The number of carbonyl (C=O) groups excluding carboxylic acids is 2. The molecule has 1 aliphatic carbocycles. The van der Waals surface area contributed by atoms with Gasteiger partial charge in [-0.25, -0.2) is 0 Å². The van der Waals surface area contributed by atoms with Gasteiger partial charge in [0, 0.05) is 19.9 Å². The molecule has 1 saturated carbocycles. The van der Waals surface area contributed by atoms with Crippen molar-refractivity contribution in [2.24, 2.45) is 5.92 Å². The summed E-state index contributed by atoms with van der Waals surface area (Å²) in [6.07, 6.45) is 5.41. The van der Waals surface area contributed by atoms with Gasteiger partial charge in [0.05, 0.1) is 0 Å². The maximum atomic E-state index is 11.5. The molecule has 0 atom stereocenters. The van der Waals surface area contributed by atoms with Crippen LogP contribution in [-0.2, 0) is 9.59 Å². The Balaban J connectivity index is 0.000000583. The molecule has 0 aromatic carbocycles. The van der Waals surface area contributed by atoms with Crippen LogP contribution in [0.15, 0.2) is 0 Å². The number of amides is 2. The summed E-state index contributed by atoms with van der Waals surface area (Å²) in [6.45, 7) is 5.67. The summed E-state index contributed by atoms with van der Waals surface area (Å²) in [5.74, 6) is -0.0502. The molecule has 0 heterocycles. The van der Waals surface area contributed by atoms with Crippen LogP contribution in [0.25, 0.3) is 0 Å². The highest BCUT2D eigenvalue weighted by Crippen LogP contribution is 2.26. The van der Waals surface area contributed by atoms with E-state index in [1.165, 1.54) is 18.2 Å². The van der Waals surface area contributed by atoms with Crippen LogP contribution >= 0.6 is 0 Å². The van der Waals surface area contributed by atoms with Gasteiger partial charge in [-0.1, -0.05) is 33.1 Å². The first kappa shape index (κ1) is 14.1. The molecule has 1 aliphatic rings. The average molecular weight is 213 g/mol. The molecule has 0 unspecified atom stereocenters. The Morgan fingerprint density at radius 3 is 1.93 bits per heavy atom. The third kappa shape index (κ3) is 4.96. The summed E-state index contributed by atoms with van der Waals surface area (Å²) in [7, 11) is 1.56. The second-order valence-electron chi connectivity index (χ2n) is 4.10. The number of hydrogen-bond acceptors (Lipinski definition) is 2. The Morgan fingerprint density at radius 1 is 1.20 bits per heavy atom. The van der Waals surface area contributed by atoms with E-state index in [9.17, 15) is 9.59 Å². The van der Waals surface area contributed by atoms with Crippen molar-refractivity contribution in [3.63, 3.8) is 0 Å². The largest absolute Gasteiger partial charge is 0.286 e. The zero-order valence-corrected chi connectivity index (χ0v) is 10.4. The van der Waals surface area contributed by atoms with Gasteiger partial charge in [-0.15, -0.1) is 0 Å². The SMILES string of the molecule is CC(=O)N(C)C(=O)C1CCCC1.CCC. The monoisotopic (exact) mass is 213 g/mol. The van der Waals surface area contributed by atoms with Gasteiger partial charge in [0.25, 0.3) is 0 Å². The van der Waals surface area contributed by atoms with Crippen LogP contribution in [0.5, 0.6) is 0 Å². The van der Waals surface area contributed by atoms with E-state index >= 15 is 0 Å². The normalized spacial score (nSPS) is 15.5. The van der Waals surface area contributed by atoms with Gasteiger partial charge in [0.2, 0.25) is 11.8 Å². The Hall–Kier alpha value is -0.860. The lowest BCUT2D eigenvalue weighted by Crippen LogP contribution is -2.35. The lowest BCUT2D eigenvalue weighted by Gasteiger charge is -2.16. The van der Waals surface area contributed by atoms with E-state index in [4.69, 9.17) is 0 Å². The highest BCUT2D eigenvalue weighted by molar-refractivity contribution is 5.94. The van der Waals surface area contributed by atoms with Crippen molar-refractivity contribution in [3.05, 3.63) is 0 Å². The van der Waals surface area contributed by atoms with Crippen LogP contribution in [0.4, 0.5) is 0 Å². The molecule has 3 heteroatoms. The van der Waals surface area contributed by atoms with E-state index in [-0.39, 0.29) is 17.7 Å². The number of imide groups is 1. The van der Waals surface area contributed by atoms with Gasteiger partial charge >= 0.3 is 0 Å². The van der Waals surface area contributed by atoms with E-state index in [0.717, 1.165) is 25.7 Å². The average Bonchev–Trinajstić information content (AvgIpc) is 2.69. The molecule has 0 radical (unpaired) electrons. The second-order valence-corrected chi connectivity index (χ2v) is 4.10. The van der Waals surface area contributed by atoms with Gasteiger partial charge in [-0.05, 0) is 12.8 Å². The van der Waals surface area contributed by atoms with Crippen molar-refractivity contribution in [3.8, 4) is 0 Å². The molecule has 0 bridgehead atoms. The van der Waals surface area contributed by atoms with Crippen molar-refractivity contribution in [1.29, 1.82) is 0 Å². The fraction of sp³-hybridized carbons (Fsp3) is 0.833. The molecule has 0 N–H and O–H groups in total. The minimum absolute atomic E-state index is 0.000000000000000666. The lowest BCUT2D eigenvalue weighted by molar-refractivity contribution is -0.144. The first-order valence-corrected chi connectivity index (χ1v) is 5.82. The molecule has 1 rings (SSSR count). The molecular weight excluding hydrogens is 190 g/mol. The minimum Gasteiger partial charge on any atom is -0.286 e. The van der Waals surface area contributed by atoms with Crippen LogP contribution in [0.1, 0.15) is 52.9 Å². The lowest BCUT2D eigenvalue weighted by atomic mass is 10.1. The first-order chi connectivity index (χ1) is 7.04. The summed E-state index contributed by atoms with van der Waals surface area (Å²) >= 11 is 0. The predicted octanol–water partition coefficient (Wildman–Crippen LogP) is 2.60. The third-order valence-electron chi connectivity index (χ3n) is 2.51. The fourth-order valence-electron chi connectivity index (χ4n) is 1.60. The standard InChI is InChI=1S/C9H15NO2.C3H8/c1-7(11)10(2)9(12)8-5-3-4-6-8;1-3-2/h8H,3-6H2,1-2H3;3H2,1-2H3. The number of hydrogen-bond donors (Lipinski definition) is 0. The Kier molecular flexibility index (Phi) is 7.01. The first-order valence-electron chi connectivity index (χ1n) is 5.82. The van der Waals surface area contributed by atoms with Crippen LogP contribution in [0, 0.1) is 5.92 Å². The van der Waals surface area contributed by atoms with Gasteiger partial charge in [0.15, 0.2) is 0 Å². The van der Waals surface area contributed by atoms with Crippen molar-refractivity contribution >= 4 is 11.8 Å². The Bertz CT molecular complexity index is 208. The maximum absolute atomic E-state index is 11.5. The molecular formula is C12H23NO2. The highest BCUT2D eigenvalue weighted by Gasteiger charge is 2.26. The van der Waals surface area contributed by atoms with Crippen molar-refractivity contribution in [2.75, 3.05) is 7.05 Å². The molecule has 0 saturated heterocycles. The Morgan fingerprint density at radius 2 is 1.60 bits per heavy atom. The molecule has 0 aliphatic heterocycles. The fourth-order valence-corrected chi connectivity index (χ4v) is 1.60. The molecule has 1 fully saturated rings. The van der Waals surface area contributed by atoms with E-state index in [1.54, 1.807) is 7.05 Å². The molecule has 3 nitrogen and oxygen atoms in total. The minimum atomic E-state index is -0.160. The van der Waals surface area contributed by atoms with Crippen LogP contribution < -0.4 is 0 Å². The summed E-state index contributed by atoms with van der Waals surface area (Å²) in [5, 5.41) is 0. The molecule has 2 amide bonds. The maximum Gasteiger partial charge on any atom is 0.232 e. The molecule has 0 spiro atoms. The zero-order chi connectivity index (χ0) is 11.8. The summed E-state index contributed by atoms with van der Waals surface area (Å²) < 4.78 is 0. The topological polar surface area (TPSA) is 37.4 Å². The van der Waals surface area contributed by atoms with Gasteiger partial charge in [-0.2, -0.15) is 0 Å². The molecule has 0 aromatic heterocycles. The predicted molar refractivity (Wildman–Crippen MR) is 61.4 cm³/mol. The van der Waals surface area contributed by atoms with Crippen LogP contribution in [-0.4, -0.2) is 23.8 Å². The highest BCUT2D eigenvalue weighted by atomic mass is 16.2. The van der Waals surface area contributed by atoms with Gasteiger partial charge < -0.3 is 0 Å². The van der Waals surface area contributed by atoms with E-state index in [1.807, 2.05) is 0 Å². The van der Waals surface area contributed by atoms with Crippen molar-refractivity contribution < 1.29 is 9.59 Å². The molecule has 15 heavy (non-hydrogen) atoms. The molecule has 0 aromatic rings. The zero-order valence-electron chi connectivity index (χ0n) is 10.4. The number of nitrogens with zero attached hydrogens (tertiary/aromatic N) is 1. The summed E-state index contributed by atoms with van der Waals surface area (Å²) in [5.41, 5.74) is 0. The molecule has 88 valence electrons. The summed E-state index contributed by atoms with van der Waals surface area (Å²) in [6, 6.07) is 0. The quantitative estimate of drug-likeness (QED) is 0.671. The van der Waals surface area contributed by atoms with Crippen LogP contribution in [0.2, 0.25) is 0 Å². The number of carbonyl (C=O) groups is 2. The number of rotatable bonds is 1. The second kappa shape index (κ2) is 7.43. The van der Waals surface area contributed by atoms with E-state index in [0.29, 0.717) is 0 Å². The Labute approximate surface area is 92.8 Å². The van der Waals surface area contributed by atoms with E-state index in [2.05, 4.69) is 13.8 Å².